The maximum Gasteiger partial charge on any atom is 0.118 e. The monoisotopic (exact) mass is 291 g/mol. The fourth-order valence-corrected chi connectivity index (χ4v) is 2.75. The molecule has 3 rings (SSSR count). The van der Waals surface area contributed by atoms with Crippen LogP contribution in [0.5, 0.6) is 11.5 Å². The molecule has 0 saturated heterocycles. The Bertz CT molecular complexity index is 647. The van der Waals surface area contributed by atoms with E-state index in [2.05, 4.69) is 48.5 Å². The van der Waals surface area contributed by atoms with Gasteiger partial charge in [-0.15, -0.1) is 0 Å². The maximum absolute atomic E-state index is 5.26. The van der Waals surface area contributed by atoms with Gasteiger partial charge in [-0.25, -0.2) is 6.07 Å². The molecule has 2 nitrogen and oxygen atoms in total. The molecule has 0 radical (unpaired) electrons. The normalized spacial score (nSPS) is 10.7. The van der Waals surface area contributed by atoms with E-state index in [9.17, 15) is 0 Å². The van der Waals surface area contributed by atoms with E-state index in [1.54, 1.807) is 14.2 Å². The Morgan fingerprint density at radius 1 is 0.682 bits per heavy atom. The minimum absolute atomic E-state index is 0.215. The number of methoxy groups -OCH3 is 2. The topological polar surface area (TPSA) is 18.5 Å². The quantitative estimate of drug-likeness (QED) is 0.639. The van der Waals surface area contributed by atoms with E-state index in [0.29, 0.717) is 0 Å². The minimum Gasteiger partial charge on any atom is -0.497 e. The molecule has 0 N–H and O–H groups in total. The third kappa shape index (κ3) is 2.86. The summed E-state index contributed by atoms with van der Waals surface area (Å²) < 4.78 is 10.5. The second kappa shape index (κ2) is 6.44. The molecular weight excluding hydrogens is 272 g/mol. The van der Waals surface area contributed by atoms with Crippen molar-refractivity contribution in [2.75, 3.05) is 14.2 Å². The van der Waals surface area contributed by atoms with E-state index in [1.165, 1.54) is 16.7 Å². The zero-order valence-electron chi connectivity index (χ0n) is 12.8. The van der Waals surface area contributed by atoms with Crippen molar-refractivity contribution in [1.29, 1.82) is 0 Å². The van der Waals surface area contributed by atoms with Crippen molar-refractivity contribution in [1.82, 2.24) is 0 Å². The van der Waals surface area contributed by atoms with Gasteiger partial charge in [0.1, 0.15) is 11.5 Å². The minimum atomic E-state index is 0.215. The van der Waals surface area contributed by atoms with E-state index in [-0.39, 0.29) is 5.92 Å². The first-order valence-corrected chi connectivity index (χ1v) is 7.31. The summed E-state index contributed by atoms with van der Waals surface area (Å²) in [6.07, 6.45) is 0. The lowest BCUT2D eigenvalue weighted by molar-refractivity contribution is 0.414. The summed E-state index contributed by atoms with van der Waals surface area (Å²) >= 11 is 0. The van der Waals surface area contributed by atoms with Gasteiger partial charge in [0, 0.05) is 0 Å². The van der Waals surface area contributed by atoms with Crippen molar-refractivity contribution in [3.63, 3.8) is 0 Å². The second-order valence-corrected chi connectivity index (χ2v) is 5.20. The first-order valence-electron chi connectivity index (χ1n) is 7.31. The number of benzene rings is 2. The summed E-state index contributed by atoms with van der Waals surface area (Å²) in [5.74, 6) is 1.96. The van der Waals surface area contributed by atoms with E-state index in [1.807, 2.05) is 24.3 Å². The van der Waals surface area contributed by atoms with E-state index in [0.717, 1.165) is 11.5 Å². The highest BCUT2D eigenvalue weighted by molar-refractivity contribution is 5.46. The molecule has 0 aromatic heterocycles. The highest BCUT2D eigenvalue weighted by atomic mass is 16.5. The summed E-state index contributed by atoms with van der Waals surface area (Å²) in [6.45, 7) is 0. The number of rotatable bonds is 5. The Morgan fingerprint density at radius 2 is 1.18 bits per heavy atom. The molecule has 0 fully saturated rings. The van der Waals surface area contributed by atoms with Gasteiger partial charge in [-0.2, -0.15) is 23.8 Å². The van der Waals surface area contributed by atoms with Gasteiger partial charge in [-0.05, 0) is 41.3 Å². The number of ether oxygens (including phenoxy) is 2. The van der Waals surface area contributed by atoms with Crippen LogP contribution in [-0.4, -0.2) is 14.2 Å². The van der Waals surface area contributed by atoms with Crippen molar-refractivity contribution in [2.45, 2.75) is 5.92 Å². The Balaban J connectivity index is 2.02. The van der Waals surface area contributed by atoms with Crippen molar-refractivity contribution in [3.05, 3.63) is 89.5 Å². The molecule has 0 heterocycles. The largest absolute Gasteiger partial charge is 0.497 e. The van der Waals surface area contributed by atoms with Crippen LogP contribution in [-0.2, 0) is 0 Å². The molecule has 3 aromatic rings. The first kappa shape index (κ1) is 14.3. The van der Waals surface area contributed by atoms with Gasteiger partial charge < -0.3 is 9.47 Å². The van der Waals surface area contributed by atoms with Crippen LogP contribution in [0, 0.1) is 0 Å². The summed E-state index contributed by atoms with van der Waals surface area (Å²) in [5.41, 5.74) is 3.78. The van der Waals surface area contributed by atoms with E-state index in [4.69, 9.17) is 9.47 Å². The van der Waals surface area contributed by atoms with Crippen molar-refractivity contribution in [2.24, 2.45) is 0 Å². The van der Waals surface area contributed by atoms with Gasteiger partial charge in [0.25, 0.3) is 0 Å². The van der Waals surface area contributed by atoms with Crippen LogP contribution in [0.3, 0.4) is 0 Å². The third-order valence-corrected chi connectivity index (χ3v) is 3.92. The fraction of sp³-hybridized carbons (Fsp3) is 0.150. The first-order chi connectivity index (χ1) is 10.8. The van der Waals surface area contributed by atoms with Crippen LogP contribution in [0.1, 0.15) is 22.6 Å². The van der Waals surface area contributed by atoms with Gasteiger partial charge in [0.15, 0.2) is 0 Å². The SMILES string of the molecule is COc1ccc(C(c2ccc(OC)cc2)c2cc[cH-]c2)cc1. The van der Waals surface area contributed by atoms with Crippen molar-refractivity contribution < 1.29 is 9.47 Å². The maximum atomic E-state index is 5.26. The molecule has 0 unspecified atom stereocenters. The van der Waals surface area contributed by atoms with Gasteiger partial charge in [-0.1, -0.05) is 24.3 Å². The average molecular weight is 291 g/mol. The lowest BCUT2D eigenvalue weighted by atomic mass is 9.86. The Kier molecular flexibility index (Phi) is 4.19. The predicted octanol–water partition coefficient (Wildman–Crippen LogP) is 4.60. The van der Waals surface area contributed by atoms with Crippen LogP contribution < -0.4 is 9.47 Å². The summed E-state index contributed by atoms with van der Waals surface area (Å²) in [4.78, 5) is 0. The van der Waals surface area contributed by atoms with Crippen LogP contribution in [0.15, 0.2) is 72.8 Å². The Labute approximate surface area is 131 Å². The molecular formula is C20H19O2-. The van der Waals surface area contributed by atoms with E-state index < -0.39 is 0 Å². The summed E-state index contributed by atoms with van der Waals surface area (Å²) in [7, 11) is 3.38. The molecule has 0 amide bonds. The molecule has 0 aliphatic heterocycles. The van der Waals surface area contributed by atoms with Crippen LogP contribution in [0.4, 0.5) is 0 Å². The zero-order chi connectivity index (χ0) is 15.4. The number of hydrogen-bond donors (Lipinski definition) is 0. The van der Waals surface area contributed by atoms with E-state index >= 15 is 0 Å². The second-order valence-electron chi connectivity index (χ2n) is 5.20. The molecule has 0 atom stereocenters. The summed E-state index contributed by atoms with van der Waals surface area (Å²) in [6, 6.07) is 25.0. The molecule has 2 heteroatoms. The molecule has 22 heavy (non-hydrogen) atoms. The molecule has 112 valence electrons. The van der Waals surface area contributed by atoms with Crippen LogP contribution in [0.2, 0.25) is 0 Å². The highest BCUT2D eigenvalue weighted by Gasteiger charge is 2.12. The van der Waals surface area contributed by atoms with Gasteiger partial charge in [-0.3, -0.25) is 0 Å². The van der Waals surface area contributed by atoms with Crippen LogP contribution >= 0.6 is 0 Å². The predicted molar refractivity (Wildman–Crippen MR) is 89.0 cm³/mol. The van der Waals surface area contributed by atoms with Crippen molar-refractivity contribution in [3.8, 4) is 11.5 Å². The molecule has 0 aliphatic carbocycles. The molecule has 0 bridgehead atoms. The van der Waals surface area contributed by atoms with Gasteiger partial charge >= 0.3 is 0 Å². The van der Waals surface area contributed by atoms with Crippen LogP contribution in [0.25, 0.3) is 0 Å². The third-order valence-electron chi connectivity index (χ3n) is 3.92. The lowest BCUT2D eigenvalue weighted by Gasteiger charge is -2.23. The summed E-state index contributed by atoms with van der Waals surface area (Å²) in [5, 5.41) is 0. The average Bonchev–Trinajstić information content (AvgIpc) is 3.10. The molecule has 0 saturated carbocycles. The Hall–Kier alpha value is -2.61. The molecule has 0 aliphatic rings. The lowest BCUT2D eigenvalue weighted by Crippen LogP contribution is -2.02. The smallest absolute Gasteiger partial charge is 0.118 e. The Morgan fingerprint density at radius 3 is 1.55 bits per heavy atom. The van der Waals surface area contributed by atoms with Gasteiger partial charge in [0.2, 0.25) is 0 Å². The standard InChI is InChI=1S/C20H19O2/c1-21-18-11-7-16(8-12-18)20(15-5-3-4-6-15)17-9-13-19(22-2)14-10-17/h3-14,20H,1-2H3/q-1. The van der Waals surface area contributed by atoms with Crippen molar-refractivity contribution >= 4 is 0 Å². The van der Waals surface area contributed by atoms with Gasteiger partial charge in [0.05, 0.1) is 14.2 Å². The highest BCUT2D eigenvalue weighted by Crippen LogP contribution is 2.33. The molecule has 0 spiro atoms. The molecule has 3 aromatic carbocycles. The fourth-order valence-electron chi connectivity index (χ4n) is 2.75. The zero-order valence-corrected chi connectivity index (χ0v) is 12.8. The number of hydrogen-bond acceptors (Lipinski definition) is 2.